The van der Waals surface area contributed by atoms with Crippen LogP contribution in [0.4, 0.5) is 0 Å². The van der Waals surface area contributed by atoms with Gasteiger partial charge in [0.1, 0.15) is 6.10 Å². The summed E-state index contributed by atoms with van der Waals surface area (Å²) >= 11 is 0. The first kappa shape index (κ1) is 8.82. The fourth-order valence-electron chi connectivity index (χ4n) is 1.14. The Balaban J connectivity index is 2.28. The van der Waals surface area contributed by atoms with Crippen LogP contribution in [0.15, 0.2) is 12.4 Å². The quantitative estimate of drug-likeness (QED) is 0.664. The predicted octanol–water partition coefficient (Wildman–Crippen LogP) is -0.975. The smallest absolute Gasteiger partial charge is 0.207 e. The zero-order valence-electron chi connectivity index (χ0n) is 7.86. The molecule has 0 radical (unpaired) electrons. The summed E-state index contributed by atoms with van der Waals surface area (Å²) in [5, 5.41) is 25.0. The zero-order valence-corrected chi connectivity index (χ0v) is 7.86. The van der Waals surface area contributed by atoms with Gasteiger partial charge in [-0.1, -0.05) is 0 Å². The molecule has 0 aliphatic carbocycles. The Bertz CT molecular complexity index is 393. The van der Waals surface area contributed by atoms with Gasteiger partial charge in [0.15, 0.2) is 0 Å². The standard InChI is InChI=1S/C7H10N6O/c1-12-4-5(3-8-12)6(14)7-9-11-13(2)10-7/h3-4,6,14H,1-2H3. The number of aryl methyl sites for hydroxylation is 2. The molecule has 2 heterocycles. The van der Waals surface area contributed by atoms with Gasteiger partial charge in [-0.3, -0.25) is 4.68 Å². The maximum Gasteiger partial charge on any atom is 0.207 e. The summed E-state index contributed by atoms with van der Waals surface area (Å²) in [6.07, 6.45) is 2.42. The van der Waals surface area contributed by atoms with Crippen molar-refractivity contribution in [3.05, 3.63) is 23.8 Å². The topological polar surface area (TPSA) is 81.6 Å². The molecular formula is C7H10N6O. The average Bonchev–Trinajstić information content (AvgIpc) is 2.73. The summed E-state index contributed by atoms with van der Waals surface area (Å²) in [6, 6.07) is 0. The van der Waals surface area contributed by atoms with Crippen LogP contribution in [0.3, 0.4) is 0 Å². The van der Waals surface area contributed by atoms with Crippen molar-refractivity contribution in [2.75, 3.05) is 0 Å². The average molecular weight is 194 g/mol. The van der Waals surface area contributed by atoms with Gasteiger partial charge < -0.3 is 5.11 Å². The predicted molar refractivity (Wildman–Crippen MR) is 46.1 cm³/mol. The third-order valence-corrected chi connectivity index (χ3v) is 1.81. The first-order valence-electron chi connectivity index (χ1n) is 4.07. The fourth-order valence-corrected chi connectivity index (χ4v) is 1.14. The van der Waals surface area contributed by atoms with Crippen molar-refractivity contribution >= 4 is 0 Å². The van der Waals surface area contributed by atoms with E-state index in [1.165, 1.54) is 4.80 Å². The molecule has 0 saturated carbocycles. The molecular weight excluding hydrogens is 184 g/mol. The second-order valence-corrected chi connectivity index (χ2v) is 2.99. The van der Waals surface area contributed by atoms with Crippen molar-refractivity contribution in [3.8, 4) is 0 Å². The summed E-state index contributed by atoms with van der Waals surface area (Å²) < 4.78 is 1.61. The van der Waals surface area contributed by atoms with E-state index in [1.807, 2.05) is 0 Å². The van der Waals surface area contributed by atoms with E-state index in [0.29, 0.717) is 5.56 Å². The van der Waals surface area contributed by atoms with E-state index in [9.17, 15) is 5.11 Å². The molecule has 1 N–H and O–H groups in total. The Morgan fingerprint density at radius 3 is 2.71 bits per heavy atom. The second kappa shape index (κ2) is 3.18. The van der Waals surface area contributed by atoms with Gasteiger partial charge in [0.2, 0.25) is 5.82 Å². The van der Waals surface area contributed by atoms with E-state index in [1.54, 1.807) is 31.2 Å². The number of tetrazole rings is 1. The molecule has 7 heteroatoms. The lowest BCUT2D eigenvalue weighted by atomic mass is 10.2. The number of aliphatic hydroxyl groups excluding tert-OH is 1. The van der Waals surface area contributed by atoms with Gasteiger partial charge in [-0.15, -0.1) is 10.2 Å². The molecule has 74 valence electrons. The maximum absolute atomic E-state index is 9.79. The molecule has 1 unspecified atom stereocenters. The fraction of sp³-hybridized carbons (Fsp3) is 0.429. The highest BCUT2D eigenvalue weighted by Gasteiger charge is 2.16. The van der Waals surface area contributed by atoms with Crippen molar-refractivity contribution in [2.24, 2.45) is 14.1 Å². The summed E-state index contributed by atoms with van der Waals surface area (Å²) in [5.74, 6) is 0.278. The molecule has 2 aromatic heterocycles. The van der Waals surface area contributed by atoms with Gasteiger partial charge >= 0.3 is 0 Å². The minimum Gasteiger partial charge on any atom is -0.380 e. The maximum atomic E-state index is 9.79. The van der Waals surface area contributed by atoms with Crippen LogP contribution >= 0.6 is 0 Å². The van der Waals surface area contributed by atoms with E-state index in [4.69, 9.17) is 0 Å². The highest BCUT2D eigenvalue weighted by atomic mass is 16.3. The number of hydrogen-bond donors (Lipinski definition) is 1. The van der Waals surface area contributed by atoms with Crippen LogP contribution in [0.1, 0.15) is 17.5 Å². The van der Waals surface area contributed by atoms with E-state index in [0.717, 1.165) is 0 Å². The lowest BCUT2D eigenvalue weighted by Gasteiger charge is -2.00. The Kier molecular flexibility index (Phi) is 2.01. The van der Waals surface area contributed by atoms with Gasteiger partial charge in [0.25, 0.3) is 0 Å². The van der Waals surface area contributed by atoms with Gasteiger partial charge in [-0.05, 0) is 5.21 Å². The van der Waals surface area contributed by atoms with Crippen LogP contribution in [-0.4, -0.2) is 35.1 Å². The highest BCUT2D eigenvalue weighted by Crippen LogP contribution is 2.16. The molecule has 0 saturated heterocycles. The van der Waals surface area contributed by atoms with Crippen molar-refractivity contribution < 1.29 is 5.11 Å². The van der Waals surface area contributed by atoms with Gasteiger partial charge in [0, 0.05) is 18.8 Å². The van der Waals surface area contributed by atoms with E-state index in [2.05, 4.69) is 20.5 Å². The summed E-state index contributed by atoms with van der Waals surface area (Å²) in [4.78, 5) is 1.30. The van der Waals surface area contributed by atoms with Crippen molar-refractivity contribution in [3.63, 3.8) is 0 Å². The molecule has 0 amide bonds. The van der Waals surface area contributed by atoms with Gasteiger partial charge in [-0.25, -0.2) is 0 Å². The van der Waals surface area contributed by atoms with Gasteiger partial charge in [0.05, 0.1) is 13.2 Å². The number of nitrogens with zero attached hydrogens (tertiary/aromatic N) is 6. The van der Waals surface area contributed by atoms with Crippen LogP contribution < -0.4 is 0 Å². The normalized spacial score (nSPS) is 13.1. The Morgan fingerprint density at radius 2 is 2.21 bits per heavy atom. The van der Waals surface area contributed by atoms with E-state index in [-0.39, 0.29) is 5.82 Å². The lowest BCUT2D eigenvalue weighted by Crippen LogP contribution is -2.02. The van der Waals surface area contributed by atoms with Crippen LogP contribution in [0.25, 0.3) is 0 Å². The van der Waals surface area contributed by atoms with Crippen LogP contribution in [-0.2, 0) is 14.1 Å². The van der Waals surface area contributed by atoms with Crippen LogP contribution in [0.5, 0.6) is 0 Å². The molecule has 1 atom stereocenters. The number of rotatable bonds is 2. The highest BCUT2D eigenvalue weighted by molar-refractivity contribution is 5.14. The van der Waals surface area contributed by atoms with Crippen molar-refractivity contribution in [1.29, 1.82) is 0 Å². The SMILES string of the molecule is Cn1cc(C(O)c2nnn(C)n2)cn1. The first-order chi connectivity index (χ1) is 6.66. The van der Waals surface area contributed by atoms with Crippen LogP contribution in [0, 0.1) is 0 Å². The number of hydrogen-bond acceptors (Lipinski definition) is 5. The molecule has 14 heavy (non-hydrogen) atoms. The summed E-state index contributed by atoms with van der Waals surface area (Å²) in [7, 11) is 3.42. The molecule has 0 aromatic carbocycles. The number of aromatic nitrogens is 6. The van der Waals surface area contributed by atoms with Crippen LogP contribution in [0.2, 0.25) is 0 Å². The Hall–Kier alpha value is -1.76. The molecule has 0 fully saturated rings. The van der Waals surface area contributed by atoms with Crippen molar-refractivity contribution in [1.82, 2.24) is 30.0 Å². The second-order valence-electron chi connectivity index (χ2n) is 2.99. The molecule has 0 aliphatic heterocycles. The molecule has 0 bridgehead atoms. The largest absolute Gasteiger partial charge is 0.380 e. The lowest BCUT2D eigenvalue weighted by molar-refractivity contribution is 0.209. The Morgan fingerprint density at radius 1 is 1.43 bits per heavy atom. The Labute approximate surface area is 80.0 Å². The summed E-state index contributed by atoms with van der Waals surface area (Å²) in [6.45, 7) is 0. The third-order valence-electron chi connectivity index (χ3n) is 1.81. The van der Waals surface area contributed by atoms with Gasteiger partial charge in [-0.2, -0.15) is 9.90 Å². The molecule has 2 rings (SSSR count). The third kappa shape index (κ3) is 1.49. The summed E-state index contributed by atoms with van der Waals surface area (Å²) in [5.41, 5.74) is 0.653. The first-order valence-corrected chi connectivity index (χ1v) is 4.07. The molecule has 0 aliphatic rings. The minimum atomic E-state index is -0.864. The molecule has 7 nitrogen and oxygen atoms in total. The molecule has 2 aromatic rings. The van der Waals surface area contributed by atoms with Crippen molar-refractivity contribution in [2.45, 2.75) is 6.10 Å². The van der Waals surface area contributed by atoms with E-state index >= 15 is 0 Å². The zero-order chi connectivity index (χ0) is 10.1. The number of aliphatic hydroxyl groups is 1. The minimum absolute atomic E-state index is 0.278. The molecule has 0 spiro atoms. The monoisotopic (exact) mass is 194 g/mol. The van der Waals surface area contributed by atoms with E-state index < -0.39 is 6.10 Å².